The van der Waals surface area contributed by atoms with Gasteiger partial charge in [0.25, 0.3) is 0 Å². The third-order valence-corrected chi connectivity index (χ3v) is 3.12. The maximum absolute atomic E-state index is 11.9. The van der Waals surface area contributed by atoms with Crippen molar-refractivity contribution in [3.8, 4) is 0 Å². The van der Waals surface area contributed by atoms with Crippen LogP contribution in [0.25, 0.3) is 0 Å². The number of likely N-dealkylation sites (tertiary alicyclic amines) is 1. The molecule has 4 heteroatoms. The summed E-state index contributed by atoms with van der Waals surface area (Å²) in [5.41, 5.74) is -0.229. The number of hydrogen-bond donors (Lipinski definition) is 1. The second-order valence-corrected chi connectivity index (χ2v) is 6.06. The molecule has 0 unspecified atom stereocenters. The first kappa shape index (κ1) is 14.3. The molecule has 1 aliphatic heterocycles. The van der Waals surface area contributed by atoms with Gasteiger partial charge in [-0.15, -0.1) is 0 Å². The SMILES string of the molecule is CCNC1(C)CCN(C(=O)OC(C)(C)C)CC1. The van der Waals surface area contributed by atoms with Crippen molar-refractivity contribution < 1.29 is 9.53 Å². The van der Waals surface area contributed by atoms with E-state index in [1.54, 1.807) is 0 Å². The zero-order valence-corrected chi connectivity index (χ0v) is 11.8. The molecule has 0 aromatic rings. The minimum absolute atomic E-state index is 0.174. The summed E-state index contributed by atoms with van der Waals surface area (Å²) < 4.78 is 5.37. The summed E-state index contributed by atoms with van der Waals surface area (Å²) in [6.45, 7) is 12.6. The van der Waals surface area contributed by atoms with Crippen molar-refractivity contribution in [2.24, 2.45) is 0 Å². The molecule has 100 valence electrons. The van der Waals surface area contributed by atoms with Gasteiger partial charge >= 0.3 is 6.09 Å². The lowest BCUT2D eigenvalue weighted by Crippen LogP contribution is -2.53. The largest absolute Gasteiger partial charge is 0.444 e. The Bertz CT molecular complexity index is 263. The van der Waals surface area contributed by atoms with Crippen LogP contribution in [0, 0.1) is 0 Å². The van der Waals surface area contributed by atoms with Crippen LogP contribution in [0.3, 0.4) is 0 Å². The summed E-state index contributed by atoms with van der Waals surface area (Å²) in [6.07, 6.45) is 1.79. The highest BCUT2D eigenvalue weighted by Crippen LogP contribution is 2.22. The van der Waals surface area contributed by atoms with Crippen LogP contribution >= 0.6 is 0 Å². The van der Waals surface area contributed by atoms with Crippen LogP contribution in [0.5, 0.6) is 0 Å². The monoisotopic (exact) mass is 242 g/mol. The Labute approximate surface area is 105 Å². The number of amides is 1. The zero-order chi connectivity index (χ0) is 13.1. The molecule has 0 saturated carbocycles. The number of ether oxygens (including phenoxy) is 1. The third-order valence-electron chi connectivity index (χ3n) is 3.12. The van der Waals surface area contributed by atoms with Crippen molar-refractivity contribution in [2.45, 2.75) is 58.6 Å². The molecule has 0 bridgehead atoms. The average Bonchev–Trinajstić information content (AvgIpc) is 2.15. The Kier molecular flexibility index (Phi) is 4.42. The summed E-state index contributed by atoms with van der Waals surface area (Å²) in [5.74, 6) is 0. The van der Waals surface area contributed by atoms with Gasteiger partial charge in [0.05, 0.1) is 0 Å². The smallest absolute Gasteiger partial charge is 0.410 e. The third kappa shape index (κ3) is 4.54. The normalized spacial score (nSPS) is 20.2. The molecule has 1 amide bonds. The summed E-state index contributed by atoms with van der Waals surface area (Å²) in [4.78, 5) is 13.7. The minimum atomic E-state index is -0.403. The fourth-order valence-corrected chi connectivity index (χ4v) is 2.11. The molecule has 1 heterocycles. The first-order chi connectivity index (χ1) is 7.76. The fourth-order valence-electron chi connectivity index (χ4n) is 2.11. The summed E-state index contributed by atoms with van der Waals surface area (Å²) in [7, 11) is 0. The Morgan fingerprint density at radius 2 is 1.88 bits per heavy atom. The highest BCUT2D eigenvalue weighted by Gasteiger charge is 2.32. The molecule has 17 heavy (non-hydrogen) atoms. The van der Waals surface area contributed by atoms with Gasteiger partial charge in [-0.3, -0.25) is 0 Å². The van der Waals surface area contributed by atoms with Crippen LogP contribution in [-0.4, -0.2) is 41.8 Å². The Balaban J connectivity index is 2.44. The Morgan fingerprint density at radius 1 is 1.35 bits per heavy atom. The maximum Gasteiger partial charge on any atom is 0.410 e. The average molecular weight is 242 g/mol. The fraction of sp³-hybridized carbons (Fsp3) is 0.923. The van der Waals surface area contributed by atoms with Gasteiger partial charge in [-0.05, 0) is 47.1 Å². The molecular weight excluding hydrogens is 216 g/mol. The van der Waals surface area contributed by atoms with Crippen molar-refractivity contribution in [3.63, 3.8) is 0 Å². The lowest BCUT2D eigenvalue weighted by molar-refractivity contribution is 0.0159. The quantitative estimate of drug-likeness (QED) is 0.808. The molecule has 0 aliphatic carbocycles. The number of carbonyl (C=O) groups excluding carboxylic acids is 1. The predicted octanol–water partition coefficient (Wildman–Crippen LogP) is 2.39. The van der Waals surface area contributed by atoms with Gasteiger partial charge in [-0.1, -0.05) is 6.92 Å². The molecule has 0 aromatic heterocycles. The standard InChI is InChI=1S/C13H26N2O2/c1-6-14-13(5)7-9-15(10-8-13)11(16)17-12(2,3)4/h14H,6-10H2,1-5H3. The van der Waals surface area contributed by atoms with E-state index in [9.17, 15) is 4.79 Å². The van der Waals surface area contributed by atoms with Crippen molar-refractivity contribution in [2.75, 3.05) is 19.6 Å². The highest BCUT2D eigenvalue weighted by molar-refractivity contribution is 5.68. The topological polar surface area (TPSA) is 41.6 Å². The molecule has 4 nitrogen and oxygen atoms in total. The second kappa shape index (κ2) is 5.25. The molecule has 0 atom stereocenters. The molecule has 1 rings (SSSR count). The summed E-state index contributed by atoms with van der Waals surface area (Å²) >= 11 is 0. The predicted molar refractivity (Wildman–Crippen MR) is 69.1 cm³/mol. The van der Waals surface area contributed by atoms with E-state index in [2.05, 4.69) is 19.2 Å². The number of carbonyl (C=O) groups is 1. The lowest BCUT2D eigenvalue weighted by Gasteiger charge is -2.40. The zero-order valence-electron chi connectivity index (χ0n) is 11.8. The van der Waals surface area contributed by atoms with Gasteiger partial charge in [0.2, 0.25) is 0 Å². The lowest BCUT2D eigenvalue weighted by atomic mass is 9.90. The Morgan fingerprint density at radius 3 is 2.29 bits per heavy atom. The van der Waals surface area contributed by atoms with E-state index in [4.69, 9.17) is 4.74 Å². The van der Waals surface area contributed by atoms with Crippen molar-refractivity contribution >= 4 is 6.09 Å². The Hall–Kier alpha value is -0.770. The highest BCUT2D eigenvalue weighted by atomic mass is 16.6. The van der Waals surface area contributed by atoms with Crippen LogP contribution in [0.4, 0.5) is 4.79 Å². The second-order valence-electron chi connectivity index (χ2n) is 6.06. The van der Waals surface area contributed by atoms with Gasteiger partial charge in [-0.25, -0.2) is 4.79 Å². The van der Waals surface area contributed by atoms with E-state index >= 15 is 0 Å². The van der Waals surface area contributed by atoms with E-state index < -0.39 is 5.60 Å². The van der Waals surface area contributed by atoms with E-state index in [0.717, 1.165) is 32.5 Å². The van der Waals surface area contributed by atoms with E-state index in [-0.39, 0.29) is 11.6 Å². The number of rotatable bonds is 2. The van der Waals surface area contributed by atoms with Gasteiger partial charge in [0.15, 0.2) is 0 Å². The van der Waals surface area contributed by atoms with Crippen molar-refractivity contribution in [1.82, 2.24) is 10.2 Å². The van der Waals surface area contributed by atoms with E-state index in [0.29, 0.717) is 0 Å². The molecule has 1 aliphatic rings. The van der Waals surface area contributed by atoms with Crippen LogP contribution in [0.15, 0.2) is 0 Å². The summed E-state index contributed by atoms with van der Waals surface area (Å²) in [6, 6.07) is 0. The molecule has 1 fully saturated rings. The van der Waals surface area contributed by atoms with Gasteiger partial charge in [0.1, 0.15) is 5.60 Å². The van der Waals surface area contributed by atoms with Gasteiger partial charge < -0.3 is 15.0 Å². The summed E-state index contributed by atoms with van der Waals surface area (Å²) in [5, 5.41) is 3.49. The first-order valence-electron chi connectivity index (χ1n) is 6.49. The van der Waals surface area contributed by atoms with Crippen LogP contribution < -0.4 is 5.32 Å². The number of nitrogens with zero attached hydrogens (tertiary/aromatic N) is 1. The first-order valence-corrected chi connectivity index (χ1v) is 6.49. The molecule has 1 saturated heterocycles. The van der Waals surface area contributed by atoms with Crippen LogP contribution in [-0.2, 0) is 4.74 Å². The number of nitrogens with one attached hydrogen (secondary N) is 1. The molecule has 0 radical (unpaired) electrons. The molecule has 1 N–H and O–H groups in total. The molecule has 0 spiro atoms. The van der Waals surface area contributed by atoms with E-state index in [1.807, 2.05) is 25.7 Å². The van der Waals surface area contributed by atoms with Crippen LogP contribution in [0.2, 0.25) is 0 Å². The maximum atomic E-state index is 11.9. The number of piperidine rings is 1. The molecule has 0 aromatic carbocycles. The van der Waals surface area contributed by atoms with Crippen LogP contribution in [0.1, 0.15) is 47.5 Å². The van der Waals surface area contributed by atoms with Crippen molar-refractivity contribution in [1.29, 1.82) is 0 Å². The van der Waals surface area contributed by atoms with Gasteiger partial charge in [0, 0.05) is 18.6 Å². The van der Waals surface area contributed by atoms with Gasteiger partial charge in [-0.2, -0.15) is 0 Å². The van der Waals surface area contributed by atoms with Crippen molar-refractivity contribution in [3.05, 3.63) is 0 Å². The van der Waals surface area contributed by atoms with E-state index in [1.165, 1.54) is 0 Å². The minimum Gasteiger partial charge on any atom is -0.444 e. The number of hydrogen-bond acceptors (Lipinski definition) is 3. The molecular formula is C13H26N2O2.